The molecular formula is C10H16N2OS. The van der Waals surface area contributed by atoms with Gasteiger partial charge in [0.15, 0.2) is 0 Å². The Hall–Kier alpha value is -0.450. The summed E-state index contributed by atoms with van der Waals surface area (Å²) in [6, 6.07) is 0. The molecule has 0 bridgehead atoms. The number of nitrogens with one attached hydrogen (secondary N) is 1. The van der Waals surface area contributed by atoms with Crippen LogP contribution in [0.3, 0.4) is 0 Å². The minimum atomic E-state index is 0.240. The molecule has 0 atom stereocenters. The third-order valence-electron chi connectivity index (χ3n) is 2.75. The summed E-state index contributed by atoms with van der Waals surface area (Å²) in [6.07, 6.45) is 4.05. The molecule has 1 aliphatic heterocycles. The van der Waals surface area contributed by atoms with Crippen LogP contribution < -0.4 is 5.32 Å². The van der Waals surface area contributed by atoms with Gasteiger partial charge in [0.1, 0.15) is 5.01 Å². The lowest BCUT2D eigenvalue weighted by molar-refractivity contribution is 0.0446. The number of hydrogen-bond donors (Lipinski definition) is 1. The fourth-order valence-corrected chi connectivity index (χ4v) is 2.18. The predicted molar refractivity (Wildman–Crippen MR) is 57.4 cm³/mol. The molecule has 14 heavy (non-hydrogen) atoms. The first kappa shape index (κ1) is 10.1. The Morgan fingerprint density at radius 1 is 1.57 bits per heavy atom. The van der Waals surface area contributed by atoms with Crippen LogP contribution in [0, 0.1) is 0 Å². The van der Waals surface area contributed by atoms with E-state index in [-0.39, 0.29) is 5.54 Å². The molecule has 4 heteroatoms. The summed E-state index contributed by atoms with van der Waals surface area (Å²) in [6.45, 7) is 4.90. The molecule has 0 saturated carbocycles. The molecule has 0 radical (unpaired) electrons. The summed E-state index contributed by atoms with van der Waals surface area (Å²) in [5.74, 6) is 0. The quantitative estimate of drug-likeness (QED) is 0.829. The highest BCUT2D eigenvalue weighted by molar-refractivity contribution is 7.09. The second-order valence-electron chi connectivity index (χ2n) is 3.95. The topological polar surface area (TPSA) is 34.2 Å². The lowest BCUT2D eigenvalue weighted by atomic mass is 9.93. The number of ether oxygens (including phenoxy) is 1. The van der Waals surface area contributed by atoms with E-state index in [1.54, 1.807) is 11.3 Å². The molecule has 1 N–H and O–H groups in total. The minimum Gasteiger partial charge on any atom is -0.381 e. The smallest absolute Gasteiger partial charge is 0.106 e. The normalized spacial score (nSPS) is 20.9. The molecule has 1 aromatic rings. The van der Waals surface area contributed by atoms with Crippen molar-refractivity contribution in [2.75, 3.05) is 13.2 Å². The molecule has 1 fully saturated rings. The van der Waals surface area contributed by atoms with Crippen molar-refractivity contribution in [3.05, 3.63) is 16.6 Å². The highest BCUT2D eigenvalue weighted by Crippen LogP contribution is 2.20. The van der Waals surface area contributed by atoms with Crippen LogP contribution in [-0.2, 0) is 11.3 Å². The van der Waals surface area contributed by atoms with Crippen LogP contribution in [0.5, 0.6) is 0 Å². The second kappa shape index (κ2) is 4.38. The van der Waals surface area contributed by atoms with Gasteiger partial charge in [-0.3, -0.25) is 0 Å². The number of aromatic nitrogens is 1. The maximum atomic E-state index is 5.35. The summed E-state index contributed by atoms with van der Waals surface area (Å²) >= 11 is 1.71. The van der Waals surface area contributed by atoms with E-state index in [9.17, 15) is 0 Å². The van der Waals surface area contributed by atoms with Crippen molar-refractivity contribution in [1.29, 1.82) is 0 Å². The fraction of sp³-hybridized carbons (Fsp3) is 0.700. The first-order valence-electron chi connectivity index (χ1n) is 5.00. The van der Waals surface area contributed by atoms with Gasteiger partial charge in [-0.25, -0.2) is 4.98 Å². The van der Waals surface area contributed by atoms with Crippen molar-refractivity contribution in [3.8, 4) is 0 Å². The van der Waals surface area contributed by atoms with Crippen LogP contribution in [0.15, 0.2) is 11.6 Å². The molecule has 2 rings (SSSR count). The summed E-state index contributed by atoms with van der Waals surface area (Å²) in [5.41, 5.74) is 0.240. The maximum absolute atomic E-state index is 5.35. The highest BCUT2D eigenvalue weighted by atomic mass is 32.1. The average molecular weight is 212 g/mol. The average Bonchev–Trinajstić information content (AvgIpc) is 2.69. The van der Waals surface area contributed by atoms with Crippen LogP contribution >= 0.6 is 11.3 Å². The van der Waals surface area contributed by atoms with Crippen LogP contribution in [0.2, 0.25) is 0 Å². The molecule has 0 amide bonds. The largest absolute Gasteiger partial charge is 0.381 e. The second-order valence-corrected chi connectivity index (χ2v) is 4.93. The van der Waals surface area contributed by atoms with Crippen molar-refractivity contribution in [1.82, 2.24) is 10.3 Å². The molecule has 0 aliphatic carbocycles. The van der Waals surface area contributed by atoms with E-state index < -0.39 is 0 Å². The molecule has 1 aromatic heterocycles. The zero-order valence-electron chi connectivity index (χ0n) is 8.45. The molecule has 2 heterocycles. The fourth-order valence-electron chi connectivity index (χ4n) is 1.63. The van der Waals surface area contributed by atoms with E-state index in [2.05, 4.69) is 17.2 Å². The van der Waals surface area contributed by atoms with Crippen molar-refractivity contribution < 1.29 is 4.74 Å². The third kappa shape index (κ3) is 2.53. The van der Waals surface area contributed by atoms with Gasteiger partial charge in [0.05, 0.1) is 0 Å². The Labute approximate surface area is 88.5 Å². The van der Waals surface area contributed by atoms with E-state index in [4.69, 9.17) is 4.74 Å². The molecule has 0 spiro atoms. The molecule has 0 aromatic carbocycles. The Morgan fingerprint density at radius 2 is 2.36 bits per heavy atom. The number of hydrogen-bond acceptors (Lipinski definition) is 4. The van der Waals surface area contributed by atoms with Crippen molar-refractivity contribution >= 4 is 11.3 Å². The summed E-state index contributed by atoms with van der Waals surface area (Å²) in [4.78, 5) is 4.26. The van der Waals surface area contributed by atoms with Gasteiger partial charge in [0, 0.05) is 36.9 Å². The maximum Gasteiger partial charge on any atom is 0.106 e. The van der Waals surface area contributed by atoms with E-state index in [0.29, 0.717) is 0 Å². The highest BCUT2D eigenvalue weighted by Gasteiger charge is 2.26. The van der Waals surface area contributed by atoms with Crippen LogP contribution in [0.4, 0.5) is 0 Å². The molecule has 78 valence electrons. The standard InChI is InChI=1S/C10H16N2OS/c1-10(2-5-13-6-3-10)12-8-9-11-4-7-14-9/h4,7,12H,2-3,5-6,8H2,1H3. The molecular weight excluding hydrogens is 196 g/mol. The summed E-state index contributed by atoms with van der Waals surface area (Å²) in [5, 5.41) is 6.75. The Balaban J connectivity index is 1.84. The first-order chi connectivity index (χ1) is 6.79. The van der Waals surface area contributed by atoms with Crippen LogP contribution in [0.1, 0.15) is 24.8 Å². The molecule has 1 saturated heterocycles. The van der Waals surface area contributed by atoms with E-state index in [1.807, 2.05) is 11.6 Å². The Kier molecular flexibility index (Phi) is 3.15. The van der Waals surface area contributed by atoms with Crippen molar-refractivity contribution in [2.24, 2.45) is 0 Å². The lowest BCUT2D eigenvalue weighted by Gasteiger charge is -2.34. The summed E-state index contributed by atoms with van der Waals surface area (Å²) < 4.78 is 5.35. The lowest BCUT2D eigenvalue weighted by Crippen LogP contribution is -2.46. The van der Waals surface area contributed by atoms with Crippen LogP contribution in [0.25, 0.3) is 0 Å². The Bertz CT molecular complexity index is 268. The number of thiazole rings is 1. The van der Waals surface area contributed by atoms with E-state index in [0.717, 1.165) is 37.6 Å². The predicted octanol–water partition coefficient (Wildman–Crippen LogP) is 1.80. The van der Waals surface area contributed by atoms with Gasteiger partial charge in [-0.1, -0.05) is 0 Å². The van der Waals surface area contributed by atoms with Crippen molar-refractivity contribution in [2.45, 2.75) is 31.8 Å². The van der Waals surface area contributed by atoms with Gasteiger partial charge >= 0.3 is 0 Å². The van der Waals surface area contributed by atoms with Crippen molar-refractivity contribution in [3.63, 3.8) is 0 Å². The zero-order chi connectivity index (χ0) is 9.86. The SMILES string of the molecule is CC1(NCc2nccs2)CCOCC1. The van der Waals surface area contributed by atoms with E-state index in [1.165, 1.54) is 0 Å². The van der Waals surface area contributed by atoms with E-state index >= 15 is 0 Å². The van der Waals surface area contributed by atoms with Gasteiger partial charge < -0.3 is 10.1 Å². The Morgan fingerprint density at radius 3 is 3.00 bits per heavy atom. The van der Waals surface area contributed by atoms with Gasteiger partial charge in [0.2, 0.25) is 0 Å². The number of rotatable bonds is 3. The monoisotopic (exact) mass is 212 g/mol. The third-order valence-corrected chi connectivity index (χ3v) is 3.53. The first-order valence-corrected chi connectivity index (χ1v) is 5.88. The summed E-state index contributed by atoms with van der Waals surface area (Å²) in [7, 11) is 0. The molecule has 0 unspecified atom stereocenters. The van der Waals surface area contributed by atoms with Gasteiger partial charge in [-0.05, 0) is 19.8 Å². The molecule has 1 aliphatic rings. The van der Waals surface area contributed by atoms with Gasteiger partial charge in [0.25, 0.3) is 0 Å². The van der Waals surface area contributed by atoms with Crippen LogP contribution in [-0.4, -0.2) is 23.7 Å². The number of nitrogens with zero attached hydrogens (tertiary/aromatic N) is 1. The molecule has 3 nitrogen and oxygen atoms in total. The van der Waals surface area contributed by atoms with Gasteiger partial charge in [-0.15, -0.1) is 11.3 Å². The zero-order valence-corrected chi connectivity index (χ0v) is 9.27. The minimum absolute atomic E-state index is 0.240. The van der Waals surface area contributed by atoms with Gasteiger partial charge in [-0.2, -0.15) is 0 Å².